The van der Waals surface area contributed by atoms with E-state index in [1.807, 2.05) is 51.1 Å². The van der Waals surface area contributed by atoms with Gasteiger partial charge < -0.3 is 9.64 Å². The maximum atomic E-state index is 12.4. The highest BCUT2D eigenvalue weighted by molar-refractivity contribution is 5.76. The van der Waals surface area contributed by atoms with Crippen LogP contribution in [0.5, 0.6) is 0 Å². The van der Waals surface area contributed by atoms with Gasteiger partial charge in [-0.05, 0) is 39.2 Å². The van der Waals surface area contributed by atoms with E-state index in [0.29, 0.717) is 0 Å². The summed E-state index contributed by atoms with van der Waals surface area (Å²) in [6.07, 6.45) is 1.64. The number of rotatable bonds is 2. The zero-order valence-corrected chi connectivity index (χ0v) is 13.1. The molecule has 112 valence electrons. The van der Waals surface area contributed by atoms with Crippen LogP contribution in [0.25, 0.3) is 5.57 Å². The van der Waals surface area contributed by atoms with Crippen LogP contribution in [-0.2, 0) is 4.74 Å². The van der Waals surface area contributed by atoms with Gasteiger partial charge in [0.25, 0.3) is 0 Å². The quantitative estimate of drug-likeness (QED) is 0.760. The average Bonchev–Trinajstić information content (AvgIpc) is 2.88. The SMILES string of the molecule is C=C=C(c1ccccc1)[C@H]1CCCN1C(=O)OC(C)(C)C. The van der Waals surface area contributed by atoms with Crippen molar-refractivity contribution in [1.29, 1.82) is 0 Å². The first-order valence-corrected chi connectivity index (χ1v) is 7.37. The molecule has 0 aliphatic carbocycles. The van der Waals surface area contributed by atoms with Gasteiger partial charge in [-0.3, -0.25) is 0 Å². The van der Waals surface area contributed by atoms with Crippen molar-refractivity contribution in [3.63, 3.8) is 0 Å². The Labute approximate surface area is 126 Å². The molecule has 0 spiro atoms. The number of amides is 1. The van der Waals surface area contributed by atoms with Crippen molar-refractivity contribution in [2.75, 3.05) is 6.54 Å². The first-order valence-electron chi connectivity index (χ1n) is 7.37. The summed E-state index contributed by atoms with van der Waals surface area (Å²) < 4.78 is 5.51. The number of carbonyl (C=O) groups excluding carboxylic acids is 1. The molecule has 1 aliphatic heterocycles. The molecule has 1 aliphatic rings. The van der Waals surface area contributed by atoms with Gasteiger partial charge in [-0.25, -0.2) is 4.79 Å². The minimum atomic E-state index is -0.477. The van der Waals surface area contributed by atoms with Crippen LogP contribution in [0.4, 0.5) is 4.79 Å². The molecule has 0 radical (unpaired) electrons. The van der Waals surface area contributed by atoms with Crippen LogP contribution in [0, 0.1) is 0 Å². The summed E-state index contributed by atoms with van der Waals surface area (Å²) in [4.78, 5) is 14.2. The van der Waals surface area contributed by atoms with E-state index in [1.165, 1.54) is 0 Å². The normalized spacial score (nSPS) is 18.2. The molecule has 1 saturated heterocycles. The van der Waals surface area contributed by atoms with Gasteiger partial charge in [0.1, 0.15) is 5.60 Å². The van der Waals surface area contributed by atoms with Crippen molar-refractivity contribution in [2.24, 2.45) is 0 Å². The lowest BCUT2D eigenvalue weighted by Crippen LogP contribution is -2.40. The number of hydrogen-bond acceptors (Lipinski definition) is 2. The topological polar surface area (TPSA) is 29.5 Å². The predicted molar refractivity (Wildman–Crippen MR) is 85.0 cm³/mol. The second-order valence-corrected chi connectivity index (χ2v) is 6.29. The molecule has 0 unspecified atom stereocenters. The lowest BCUT2D eigenvalue weighted by Gasteiger charge is -2.29. The minimum Gasteiger partial charge on any atom is -0.444 e. The Bertz CT molecular complexity index is 550. The second-order valence-electron chi connectivity index (χ2n) is 6.29. The van der Waals surface area contributed by atoms with Crippen LogP contribution in [0.15, 0.2) is 42.6 Å². The maximum absolute atomic E-state index is 12.4. The fraction of sp³-hybridized carbons (Fsp3) is 0.444. The Morgan fingerprint density at radius 3 is 2.57 bits per heavy atom. The van der Waals surface area contributed by atoms with E-state index in [-0.39, 0.29) is 12.1 Å². The van der Waals surface area contributed by atoms with Crippen molar-refractivity contribution >= 4 is 11.7 Å². The number of nitrogens with zero attached hydrogens (tertiary/aromatic N) is 1. The van der Waals surface area contributed by atoms with Gasteiger partial charge in [0, 0.05) is 12.1 Å². The lowest BCUT2D eigenvalue weighted by atomic mass is 9.98. The molecule has 0 N–H and O–H groups in total. The first kappa shape index (κ1) is 15.4. The summed E-state index contributed by atoms with van der Waals surface area (Å²) in [7, 11) is 0. The molecule has 1 amide bonds. The van der Waals surface area contributed by atoms with Gasteiger partial charge in [-0.15, -0.1) is 5.73 Å². The van der Waals surface area contributed by atoms with Crippen molar-refractivity contribution in [1.82, 2.24) is 4.90 Å². The zero-order chi connectivity index (χ0) is 15.5. The standard InChI is InChI=1S/C18H23NO2/c1-5-15(14-10-7-6-8-11-14)16-12-9-13-19(16)17(20)21-18(2,3)4/h6-8,10-11,16H,1,9,12-13H2,2-4H3/t16-/m1/s1. The maximum Gasteiger partial charge on any atom is 0.410 e. The molecule has 3 nitrogen and oxygen atoms in total. The van der Waals surface area contributed by atoms with Crippen molar-refractivity contribution < 1.29 is 9.53 Å². The fourth-order valence-electron chi connectivity index (χ4n) is 2.64. The van der Waals surface area contributed by atoms with Crippen LogP contribution in [0.1, 0.15) is 39.2 Å². The van der Waals surface area contributed by atoms with E-state index >= 15 is 0 Å². The number of carbonyl (C=O) groups is 1. The number of likely N-dealkylation sites (tertiary alicyclic amines) is 1. The van der Waals surface area contributed by atoms with Gasteiger partial charge in [0.2, 0.25) is 0 Å². The highest BCUT2D eigenvalue weighted by Gasteiger charge is 2.34. The van der Waals surface area contributed by atoms with E-state index in [2.05, 4.69) is 12.3 Å². The molecule has 1 fully saturated rings. The molecule has 2 rings (SSSR count). The Morgan fingerprint density at radius 2 is 2.00 bits per heavy atom. The summed E-state index contributed by atoms with van der Waals surface area (Å²) >= 11 is 0. The number of ether oxygens (including phenoxy) is 1. The van der Waals surface area contributed by atoms with E-state index in [4.69, 9.17) is 4.74 Å². The number of benzene rings is 1. The number of hydrogen-bond donors (Lipinski definition) is 0. The molecule has 21 heavy (non-hydrogen) atoms. The first-order chi connectivity index (χ1) is 9.92. The third kappa shape index (κ3) is 3.77. The van der Waals surface area contributed by atoms with Crippen LogP contribution < -0.4 is 0 Å². The largest absolute Gasteiger partial charge is 0.444 e. The van der Waals surface area contributed by atoms with E-state index in [0.717, 1.165) is 30.5 Å². The molecule has 1 atom stereocenters. The zero-order valence-electron chi connectivity index (χ0n) is 13.1. The predicted octanol–water partition coefficient (Wildman–Crippen LogP) is 4.25. The average molecular weight is 285 g/mol. The Balaban J connectivity index is 2.22. The summed E-state index contributed by atoms with van der Waals surface area (Å²) in [6.45, 7) is 10.2. The fourth-order valence-corrected chi connectivity index (χ4v) is 2.64. The highest BCUT2D eigenvalue weighted by atomic mass is 16.6. The van der Waals surface area contributed by atoms with Gasteiger partial charge in [0.15, 0.2) is 0 Å². The summed E-state index contributed by atoms with van der Waals surface area (Å²) in [6, 6.07) is 10.0. The van der Waals surface area contributed by atoms with E-state index in [9.17, 15) is 4.79 Å². The van der Waals surface area contributed by atoms with Crippen LogP contribution in [0.2, 0.25) is 0 Å². The van der Waals surface area contributed by atoms with Crippen LogP contribution in [-0.4, -0.2) is 29.2 Å². The van der Waals surface area contributed by atoms with Gasteiger partial charge in [0.05, 0.1) is 6.04 Å². The second kappa shape index (κ2) is 6.19. The molecule has 1 aromatic carbocycles. The van der Waals surface area contributed by atoms with Crippen molar-refractivity contribution in [3.8, 4) is 0 Å². The van der Waals surface area contributed by atoms with Crippen molar-refractivity contribution in [3.05, 3.63) is 48.2 Å². The Morgan fingerprint density at radius 1 is 1.33 bits per heavy atom. The Hall–Kier alpha value is -1.99. The molecular formula is C18H23NO2. The molecule has 0 aromatic heterocycles. The highest BCUT2D eigenvalue weighted by Crippen LogP contribution is 2.30. The summed E-state index contributed by atoms with van der Waals surface area (Å²) in [5.74, 6) is 0. The van der Waals surface area contributed by atoms with E-state index < -0.39 is 5.60 Å². The molecule has 3 heteroatoms. The summed E-state index contributed by atoms with van der Waals surface area (Å²) in [5, 5.41) is 0. The third-order valence-electron chi connectivity index (χ3n) is 3.49. The molecule has 1 aromatic rings. The van der Waals surface area contributed by atoms with Gasteiger partial charge in [-0.2, -0.15) is 0 Å². The smallest absolute Gasteiger partial charge is 0.410 e. The molecule has 0 bridgehead atoms. The van der Waals surface area contributed by atoms with E-state index in [1.54, 1.807) is 4.90 Å². The van der Waals surface area contributed by atoms with Gasteiger partial charge in [-0.1, -0.05) is 36.9 Å². The summed E-state index contributed by atoms with van der Waals surface area (Å²) in [5.41, 5.74) is 4.58. The van der Waals surface area contributed by atoms with Crippen LogP contribution >= 0.6 is 0 Å². The van der Waals surface area contributed by atoms with Crippen LogP contribution in [0.3, 0.4) is 0 Å². The molecular weight excluding hydrogens is 262 g/mol. The monoisotopic (exact) mass is 285 g/mol. The third-order valence-corrected chi connectivity index (χ3v) is 3.49. The lowest BCUT2D eigenvalue weighted by molar-refractivity contribution is 0.0261. The van der Waals surface area contributed by atoms with Crippen molar-refractivity contribution in [2.45, 2.75) is 45.3 Å². The molecule has 1 heterocycles. The minimum absolute atomic E-state index is 0.000231. The van der Waals surface area contributed by atoms with Gasteiger partial charge >= 0.3 is 6.09 Å². The Kier molecular flexibility index (Phi) is 4.54. The molecule has 0 saturated carbocycles.